The van der Waals surface area contributed by atoms with Gasteiger partial charge in [0.15, 0.2) is 0 Å². The first-order valence-corrected chi connectivity index (χ1v) is 10.7. The maximum Gasteiger partial charge on any atom is 0.269 e. The van der Waals surface area contributed by atoms with Gasteiger partial charge in [-0.2, -0.15) is 0 Å². The average molecular weight is 442 g/mol. The predicted octanol–water partition coefficient (Wildman–Crippen LogP) is 2.36. The van der Waals surface area contributed by atoms with E-state index in [1.165, 1.54) is 18.2 Å². The third-order valence-corrected chi connectivity index (χ3v) is 6.25. The van der Waals surface area contributed by atoms with Gasteiger partial charge in [0.2, 0.25) is 5.91 Å². The van der Waals surface area contributed by atoms with Gasteiger partial charge in [-0.15, -0.1) is 0 Å². The number of nitro groups is 1. The average Bonchev–Trinajstić information content (AvgIpc) is 2.79. The number of methoxy groups -OCH3 is 1. The third kappa shape index (κ3) is 4.73. The number of anilines is 1. The van der Waals surface area contributed by atoms with E-state index in [0.29, 0.717) is 39.2 Å². The van der Waals surface area contributed by atoms with E-state index >= 15 is 0 Å². The number of nitro benzene ring substituents is 1. The van der Waals surface area contributed by atoms with Crippen molar-refractivity contribution in [1.29, 1.82) is 0 Å². The number of non-ortho nitro benzene ring substituents is 1. The number of hydrogen-bond acceptors (Lipinski definition) is 6. The van der Waals surface area contributed by atoms with Crippen molar-refractivity contribution in [2.45, 2.75) is 19.0 Å². The normalized spacial score (nSPS) is 20.4. The number of nitrogens with zero attached hydrogens (tertiary/aromatic N) is 3. The Labute approximate surface area is 186 Å². The van der Waals surface area contributed by atoms with Crippen molar-refractivity contribution in [3.8, 4) is 0 Å². The molecule has 0 unspecified atom stereocenters. The van der Waals surface area contributed by atoms with Gasteiger partial charge in [0.05, 0.1) is 23.5 Å². The van der Waals surface area contributed by atoms with E-state index in [1.807, 2.05) is 0 Å². The van der Waals surface area contributed by atoms with E-state index in [4.69, 9.17) is 4.74 Å². The van der Waals surface area contributed by atoms with Gasteiger partial charge in [-0.3, -0.25) is 19.8 Å². The number of hydrogen-bond donors (Lipinski definition) is 1. The van der Waals surface area contributed by atoms with Crippen molar-refractivity contribution in [2.24, 2.45) is 5.92 Å². The van der Waals surface area contributed by atoms with Gasteiger partial charge >= 0.3 is 0 Å². The quantitative estimate of drug-likeness (QED) is 0.402. The van der Waals surface area contributed by atoms with E-state index in [-0.39, 0.29) is 29.4 Å². The van der Waals surface area contributed by atoms with Crippen LogP contribution in [-0.4, -0.2) is 61.7 Å². The summed E-state index contributed by atoms with van der Waals surface area (Å²) in [6, 6.07) is 11.3. The Morgan fingerprint density at radius 3 is 2.75 bits per heavy atom. The molecule has 0 spiro atoms. The minimum Gasteiger partial charge on any atom is -0.383 e. The monoisotopic (exact) mass is 442 g/mol. The third-order valence-electron chi connectivity index (χ3n) is 6.25. The lowest BCUT2D eigenvalue weighted by atomic mass is 9.83. The van der Waals surface area contributed by atoms with E-state index in [0.717, 1.165) is 23.4 Å². The summed E-state index contributed by atoms with van der Waals surface area (Å²) in [5, 5.41) is 14.2. The minimum atomic E-state index is -0.402. The number of carbonyl (C=O) groups excluding carboxylic acids is 1. The Balaban J connectivity index is 1.57. The molecule has 8 nitrogen and oxygen atoms in total. The fraction of sp³-hybridized carbons (Fsp3) is 0.435. The van der Waals surface area contributed by atoms with Gasteiger partial charge in [-0.25, -0.2) is 4.39 Å². The zero-order valence-corrected chi connectivity index (χ0v) is 18.0. The lowest BCUT2D eigenvalue weighted by molar-refractivity contribution is -0.384. The molecule has 170 valence electrons. The summed E-state index contributed by atoms with van der Waals surface area (Å²) < 4.78 is 18.3. The largest absolute Gasteiger partial charge is 0.383 e. The number of fused-ring (bicyclic) bond motifs is 3. The number of nitrogens with one attached hydrogen (secondary N) is 1. The van der Waals surface area contributed by atoms with Crippen LogP contribution in [0.25, 0.3) is 0 Å². The van der Waals surface area contributed by atoms with Crippen LogP contribution in [0.2, 0.25) is 0 Å². The van der Waals surface area contributed by atoms with Gasteiger partial charge in [-0.05, 0) is 35.7 Å². The second-order valence-corrected chi connectivity index (χ2v) is 8.29. The van der Waals surface area contributed by atoms with Crippen LogP contribution < -0.4 is 10.2 Å². The Morgan fingerprint density at radius 1 is 1.25 bits per heavy atom. The summed E-state index contributed by atoms with van der Waals surface area (Å²) in [6.07, 6.45) is 0.446. The maximum atomic E-state index is 13.3. The van der Waals surface area contributed by atoms with Gasteiger partial charge in [0.1, 0.15) is 5.82 Å². The lowest BCUT2D eigenvalue weighted by Gasteiger charge is -2.49. The van der Waals surface area contributed by atoms with Crippen LogP contribution in [0, 0.1) is 21.8 Å². The molecule has 1 saturated heterocycles. The van der Waals surface area contributed by atoms with Crippen molar-refractivity contribution in [3.63, 3.8) is 0 Å². The van der Waals surface area contributed by atoms with Crippen LogP contribution in [-0.2, 0) is 22.5 Å². The topological polar surface area (TPSA) is 87.9 Å². The van der Waals surface area contributed by atoms with Crippen LogP contribution in [0.3, 0.4) is 0 Å². The first-order chi connectivity index (χ1) is 15.5. The van der Waals surface area contributed by atoms with Gasteiger partial charge in [0, 0.05) is 57.7 Å². The van der Waals surface area contributed by atoms with Crippen molar-refractivity contribution < 1.29 is 18.8 Å². The van der Waals surface area contributed by atoms with E-state index in [2.05, 4.69) is 15.1 Å². The summed E-state index contributed by atoms with van der Waals surface area (Å²) in [7, 11) is 1.58. The van der Waals surface area contributed by atoms with Crippen molar-refractivity contribution in [3.05, 3.63) is 69.5 Å². The molecule has 0 aromatic heterocycles. The molecule has 2 aliphatic rings. The molecule has 2 aromatic rings. The van der Waals surface area contributed by atoms with Crippen LogP contribution in [0.15, 0.2) is 42.5 Å². The molecule has 2 heterocycles. The molecule has 0 saturated carbocycles. The highest BCUT2D eigenvalue weighted by atomic mass is 19.1. The molecule has 2 aliphatic heterocycles. The molecule has 0 aliphatic carbocycles. The van der Waals surface area contributed by atoms with E-state index in [9.17, 15) is 19.3 Å². The van der Waals surface area contributed by atoms with Gasteiger partial charge in [-0.1, -0.05) is 12.1 Å². The van der Waals surface area contributed by atoms with Crippen molar-refractivity contribution >= 4 is 17.3 Å². The Morgan fingerprint density at radius 2 is 2.03 bits per heavy atom. The molecule has 32 heavy (non-hydrogen) atoms. The summed E-state index contributed by atoms with van der Waals surface area (Å²) in [5.74, 6) is -0.667. The maximum absolute atomic E-state index is 13.3. The van der Waals surface area contributed by atoms with Crippen LogP contribution in [0.5, 0.6) is 0 Å². The summed E-state index contributed by atoms with van der Waals surface area (Å²) in [6.45, 7) is 3.68. The molecule has 1 amide bonds. The highest BCUT2D eigenvalue weighted by Gasteiger charge is 2.41. The second-order valence-electron chi connectivity index (χ2n) is 8.29. The smallest absolute Gasteiger partial charge is 0.269 e. The molecule has 2 atom stereocenters. The molecule has 0 bridgehead atoms. The number of ether oxygens (including phenoxy) is 1. The first-order valence-electron chi connectivity index (χ1n) is 10.7. The number of benzene rings is 2. The molecule has 1 fully saturated rings. The number of amides is 1. The molecular weight excluding hydrogens is 415 g/mol. The van der Waals surface area contributed by atoms with E-state index < -0.39 is 4.92 Å². The molecule has 9 heteroatoms. The fourth-order valence-corrected chi connectivity index (χ4v) is 4.68. The van der Waals surface area contributed by atoms with Gasteiger partial charge in [0.25, 0.3) is 5.69 Å². The molecular formula is C23H27FN4O4. The molecule has 0 radical (unpaired) electrons. The fourth-order valence-electron chi connectivity index (χ4n) is 4.68. The Bertz CT molecular complexity index is 984. The van der Waals surface area contributed by atoms with Gasteiger partial charge < -0.3 is 15.0 Å². The number of carbonyl (C=O) groups is 1. The van der Waals surface area contributed by atoms with E-state index in [1.54, 1.807) is 31.4 Å². The Hall–Kier alpha value is -3.04. The summed E-state index contributed by atoms with van der Waals surface area (Å²) in [4.78, 5) is 28.4. The standard InChI is InChI=1S/C23H27FN4O4/c1-32-11-8-25-23(29)20-13-17-12-19(28(30)31)6-7-21(17)27-10-9-26(15-22(20)27)14-16-2-4-18(24)5-3-16/h2-7,12,20,22H,8-11,13-15H2,1H3,(H,25,29)/t20-,22-/m0/s1. The summed E-state index contributed by atoms with van der Waals surface area (Å²) in [5.41, 5.74) is 2.85. The van der Waals surface area contributed by atoms with Crippen molar-refractivity contribution in [1.82, 2.24) is 10.2 Å². The second kappa shape index (κ2) is 9.62. The first kappa shape index (κ1) is 22.2. The SMILES string of the molecule is COCCNC(=O)[C@H]1Cc2cc([N+](=O)[O-])ccc2N2CCN(Cc3ccc(F)cc3)C[C@@H]12. The number of rotatable bonds is 7. The van der Waals surface area contributed by atoms with Crippen LogP contribution >= 0.6 is 0 Å². The molecule has 2 aromatic carbocycles. The minimum absolute atomic E-state index is 0.0377. The zero-order valence-electron chi connectivity index (χ0n) is 18.0. The lowest BCUT2D eigenvalue weighted by Crippen LogP contribution is -2.61. The van der Waals surface area contributed by atoms with Crippen LogP contribution in [0.1, 0.15) is 11.1 Å². The number of piperazine rings is 1. The summed E-state index contributed by atoms with van der Waals surface area (Å²) >= 11 is 0. The van der Waals surface area contributed by atoms with Crippen molar-refractivity contribution in [2.75, 3.05) is 44.8 Å². The number of halogens is 1. The van der Waals surface area contributed by atoms with Crippen LogP contribution in [0.4, 0.5) is 15.8 Å². The highest BCUT2D eigenvalue weighted by molar-refractivity contribution is 5.82. The predicted molar refractivity (Wildman–Crippen MR) is 118 cm³/mol. The highest BCUT2D eigenvalue weighted by Crippen LogP contribution is 2.38. The zero-order chi connectivity index (χ0) is 22.7. The molecule has 4 rings (SSSR count). The Kier molecular flexibility index (Phi) is 6.66. The molecule has 1 N–H and O–H groups in total.